The first kappa shape index (κ1) is 23.3. The predicted molar refractivity (Wildman–Crippen MR) is 110 cm³/mol. The van der Waals surface area contributed by atoms with Gasteiger partial charge in [-0.05, 0) is 51.1 Å². The fourth-order valence-electron chi connectivity index (χ4n) is 2.49. The Morgan fingerprint density at radius 3 is 2.10 bits per heavy atom. The van der Waals surface area contributed by atoms with Crippen LogP contribution >= 0.6 is 11.6 Å². The van der Waals surface area contributed by atoms with Gasteiger partial charge in [0, 0.05) is 5.69 Å². The molecule has 7 nitrogen and oxygen atoms in total. The zero-order valence-electron chi connectivity index (χ0n) is 16.9. The van der Waals surface area contributed by atoms with E-state index in [1.54, 1.807) is 13.8 Å². The molecular weight excluding hydrogens is 417 g/mol. The van der Waals surface area contributed by atoms with Crippen molar-refractivity contribution in [1.29, 1.82) is 0 Å². The summed E-state index contributed by atoms with van der Waals surface area (Å²) in [5.74, 6) is -0.889. The van der Waals surface area contributed by atoms with Crippen molar-refractivity contribution < 1.29 is 32.9 Å². The van der Waals surface area contributed by atoms with E-state index in [1.807, 2.05) is 6.92 Å². The molecule has 0 aliphatic heterocycles. The highest BCUT2D eigenvalue weighted by Gasteiger charge is 2.20. The lowest BCUT2D eigenvalue weighted by Gasteiger charge is -2.16. The van der Waals surface area contributed by atoms with Crippen molar-refractivity contribution in [2.75, 3.05) is 31.7 Å². The quantitative estimate of drug-likeness (QED) is 0.550. The lowest BCUT2D eigenvalue weighted by molar-refractivity contribution is -0.119. The van der Waals surface area contributed by atoms with Crippen molar-refractivity contribution in [2.24, 2.45) is 0 Å². The highest BCUT2D eigenvalue weighted by atomic mass is 35.5. The number of amides is 1. The molecule has 0 unspecified atom stereocenters. The second-order valence-electron chi connectivity index (χ2n) is 5.85. The summed E-state index contributed by atoms with van der Waals surface area (Å²) in [4.78, 5) is 24.5. The molecular formula is C21H23ClFNO6. The number of hydrogen-bond donors (Lipinski definition) is 1. The molecule has 0 bridgehead atoms. The normalized spacial score (nSPS) is 10.3. The van der Waals surface area contributed by atoms with Crippen LogP contribution in [0.3, 0.4) is 0 Å². The first-order valence-electron chi connectivity index (χ1n) is 9.38. The zero-order valence-corrected chi connectivity index (χ0v) is 17.7. The minimum Gasteiger partial charge on any atom is -0.490 e. The summed E-state index contributed by atoms with van der Waals surface area (Å²) in [7, 11) is 0. The molecule has 0 heterocycles. The predicted octanol–water partition coefficient (Wildman–Crippen LogP) is 4.47. The van der Waals surface area contributed by atoms with Crippen LogP contribution in [0.1, 0.15) is 31.1 Å². The third-order valence-corrected chi connectivity index (χ3v) is 3.97. The number of esters is 1. The Kier molecular flexibility index (Phi) is 8.73. The summed E-state index contributed by atoms with van der Waals surface area (Å²) in [6, 6.07) is 6.66. The number of carbonyl (C=O) groups is 2. The largest absolute Gasteiger partial charge is 0.490 e. The minimum absolute atomic E-state index is 0.133. The van der Waals surface area contributed by atoms with Crippen LogP contribution in [0, 0.1) is 5.82 Å². The van der Waals surface area contributed by atoms with E-state index in [9.17, 15) is 14.0 Å². The van der Waals surface area contributed by atoms with Gasteiger partial charge in [0.2, 0.25) is 5.75 Å². The molecule has 0 aliphatic rings. The molecule has 0 saturated heterocycles. The summed E-state index contributed by atoms with van der Waals surface area (Å²) in [6.45, 7) is 5.97. The Balaban J connectivity index is 2.11. The molecule has 0 fully saturated rings. The maximum absolute atomic E-state index is 13.2. The number of benzene rings is 2. The lowest BCUT2D eigenvalue weighted by atomic mass is 10.2. The Bertz CT molecular complexity index is 878. The van der Waals surface area contributed by atoms with Crippen molar-refractivity contribution >= 4 is 29.2 Å². The van der Waals surface area contributed by atoms with Gasteiger partial charge >= 0.3 is 5.97 Å². The van der Waals surface area contributed by atoms with E-state index in [1.165, 1.54) is 24.3 Å². The summed E-state index contributed by atoms with van der Waals surface area (Å²) in [5.41, 5.74) is 0.420. The molecule has 0 radical (unpaired) electrons. The highest BCUT2D eigenvalue weighted by Crippen LogP contribution is 2.39. The van der Waals surface area contributed by atoms with E-state index in [-0.39, 0.29) is 16.3 Å². The maximum Gasteiger partial charge on any atom is 0.338 e. The Morgan fingerprint density at radius 2 is 1.57 bits per heavy atom. The first-order chi connectivity index (χ1) is 14.4. The summed E-state index contributed by atoms with van der Waals surface area (Å²) >= 11 is 5.68. The number of hydrogen-bond acceptors (Lipinski definition) is 6. The van der Waals surface area contributed by atoms with Crippen molar-refractivity contribution in [3.8, 4) is 17.2 Å². The van der Waals surface area contributed by atoms with Gasteiger partial charge in [-0.3, -0.25) is 4.79 Å². The molecule has 0 aromatic heterocycles. The molecule has 0 atom stereocenters. The van der Waals surface area contributed by atoms with Crippen molar-refractivity contribution in [2.45, 2.75) is 20.8 Å². The molecule has 2 aromatic rings. The van der Waals surface area contributed by atoms with E-state index in [0.29, 0.717) is 37.1 Å². The van der Waals surface area contributed by atoms with Crippen LogP contribution in [0.25, 0.3) is 0 Å². The average Bonchev–Trinajstić information content (AvgIpc) is 2.71. The average molecular weight is 440 g/mol. The van der Waals surface area contributed by atoms with Crippen LogP contribution in [-0.2, 0) is 9.53 Å². The standard InChI is InChI=1S/C21H23ClFNO6/c1-4-27-17-9-13(10-18(28-5-2)20(17)29-6-3)21(26)30-12-19(25)24-14-7-8-16(23)15(22)11-14/h7-11H,4-6,12H2,1-3H3,(H,24,25). The van der Waals surface area contributed by atoms with Gasteiger partial charge in [-0.2, -0.15) is 0 Å². The molecule has 1 amide bonds. The van der Waals surface area contributed by atoms with Crippen molar-refractivity contribution in [3.63, 3.8) is 0 Å². The second-order valence-corrected chi connectivity index (χ2v) is 6.26. The highest BCUT2D eigenvalue weighted by molar-refractivity contribution is 6.31. The Hall–Kier alpha value is -3.00. The van der Waals surface area contributed by atoms with Crippen LogP contribution in [0.5, 0.6) is 17.2 Å². The number of halogens is 2. The second kappa shape index (κ2) is 11.3. The van der Waals surface area contributed by atoms with Gasteiger partial charge < -0.3 is 24.3 Å². The smallest absolute Gasteiger partial charge is 0.338 e. The van der Waals surface area contributed by atoms with Crippen LogP contribution in [0.2, 0.25) is 5.02 Å². The monoisotopic (exact) mass is 439 g/mol. The van der Waals surface area contributed by atoms with Crippen molar-refractivity contribution in [1.82, 2.24) is 0 Å². The molecule has 9 heteroatoms. The molecule has 2 aromatic carbocycles. The number of carbonyl (C=O) groups excluding carboxylic acids is 2. The van der Waals surface area contributed by atoms with Gasteiger partial charge in [0.1, 0.15) is 5.82 Å². The molecule has 162 valence electrons. The zero-order chi connectivity index (χ0) is 22.1. The lowest BCUT2D eigenvalue weighted by Crippen LogP contribution is -2.21. The summed E-state index contributed by atoms with van der Waals surface area (Å²) < 4.78 is 35.0. The first-order valence-corrected chi connectivity index (χ1v) is 9.75. The topological polar surface area (TPSA) is 83.1 Å². The number of anilines is 1. The third-order valence-electron chi connectivity index (χ3n) is 3.68. The van der Waals surface area contributed by atoms with E-state index >= 15 is 0 Å². The van der Waals surface area contributed by atoms with Crippen LogP contribution in [0.15, 0.2) is 30.3 Å². The Morgan fingerprint density at radius 1 is 0.967 bits per heavy atom. The molecule has 1 N–H and O–H groups in total. The number of rotatable bonds is 10. The summed E-state index contributed by atoms with van der Waals surface area (Å²) in [6.07, 6.45) is 0. The molecule has 2 rings (SSSR count). The van der Waals surface area contributed by atoms with Crippen molar-refractivity contribution in [3.05, 3.63) is 46.7 Å². The van der Waals surface area contributed by atoms with E-state index in [2.05, 4.69) is 5.32 Å². The molecule has 0 saturated carbocycles. The van der Waals surface area contributed by atoms with Gasteiger partial charge in [0.05, 0.1) is 30.4 Å². The number of nitrogens with one attached hydrogen (secondary N) is 1. The molecule has 30 heavy (non-hydrogen) atoms. The van der Waals surface area contributed by atoms with Gasteiger partial charge in [-0.25, -0.2) is 9.18 Å². The van der Waals surface area contributed by atoms with Gasteiger partial charge in [0.15, 0.2) is 18.1 Å². The fourth-order valence-corrected chi connectivity index (χ4v) is 2.67. The number of ether oxygens (including phenoxy) is 4. The summed E-state index contributed by atoms with van der Waals surface area (Å²) in [5, 5.41) is 2.34. The SMILES string of the molecule is CCOc1cc(C(=O)OCC(=O)Nc2ccc(F)c(Cl)c2)cc(OCC)c1OCC. The fraction of sp³-hybridized carbons (Fsp3) is 0.333. The van der Waals surface area contributed by atoms with Crippen LogP contribution in [0.4, 0.5) is 10.1 Å². The van der Waals surface area contributed by atoms with Crippen LogP contribution in [-0.4, -0.2) is 38.3 Å². The maximum atomic E-state index is 13.2. The van der Waals surface area contributed by atoms with E-state index < -0.39 is 24.3 Å². The molecule has 0 spiro atoms. The van der Waals surface area contributed by atoms with E-state index in [0.717, 1.165) is 6.07 Å². The van der Waals surface area contributed by atoms with Gasteiger partial charge in [-0.1, -0.05) is 11.6 Å². The van der Waals surface area contributed by atoms with Crippen LogP contribution < -0.4 is 19.5 Å². The van der Waals surface area contributed by atoms with Gasteiger partial charge in [-0.15, -0.1) is 0 Å². The Labute approximate surface area is 179 Å². The minimum atomic E-state index is -0.743. The molecule has 0 aliphatic carbocycles. The van der Waals surface area contributed by atoms with E-state index in [4.69, 9.17) is 30.5 Å². The third kappa shape index (κ3) is 6.25. The van der Waals surface area contributed by atoms with Gasteiger partial charge in [0.25, 0.3) is 5.91 Å².